The highest BCUT2D eigenvalue weighted by atomic mass is 19.4. The number of hydrogen-bond donors (Lipinski definition) is 1. The predicted octanol–water partition coefficient (Wildman–Crippen LogP) is 0.666. The zero-order chi connectivity index (χ0) is 21.9. The number of nitrogens with zero attached hydrogens (tertiary/aromatic N) is 3. The SMILES string of the molecule is CC(C)CC(=O)N1CC2(C1)CN(C)C(C(=O)N(C)C)CO2.O=C(O)C(F)(F)F. The maximum absolute atomic E-state index is 12.1. The lowest BCUT2D eigenvalue weighted by atomic mass is 9.89. The van der Waals surface area contributed by atoms with E-state index in [1.165, 1.54) is 0 Å². The van der Waals surface area contributed by atoms with Crippen LogP contribution in [-0.4, -0.2) is 103 Å². The summed E-state index contributed by atoms with van der Waals surface area (Å²) in [5, 5.41) is 7.12. The van der Waals surface area contributed by atoms with E-state index in [0.717, 1.165) is 0 Å². The van der Waals surface area contributed by atoms with Gasteiger partial charge in [-0.25, -0.2) is 4.79 Å². The van der Waals surface area contributed by atoms with Crippen molar-refractivity contribution in [3.63, 3.8) is 0 Å². The Hall–Kier alpha value is -1.88. The lowest BCUT2D eigenvalue weighted by Crippen LogP contribution is -2.73. The number of alkyl halides is 3. The second-order valence-corrected chi connectivity index (χ2v) is 7.81. The third kappa shape index (κ3) is 6.33. The maximum Gasteiger partial charge on any atom is 0.490 e. The molecule has 28 heavy (non-hydrogen) atoms. The molecule has 0 aromatic heterocycles. The predicted molar refractivity (Wildman–Crippen MR) is 93.5 cm³/mol. The van der Waals surface area contributed by atoms with E-state index in [-0.39, 0.29) is 23.5 Å². The maximum atomic E-state index is 12.1. The normalized spacial score (nSPS) is 21.6. The van der Waals surface area contributed by atoms with Gasteiger partial charge in [-0.15, -0.1) is 0 Å². The highest BCUT2D eigenvalue weighted by molar-refractivity contribution is 5.82. The number of carbonyl (C=O) groups is 3. The van der Waals surface area contributed by atoms with E-state index in [0.29, 0.717) is 38.6 Å². The number of aliphatic carboxylic acids is 1. The molecule has 11 heteroatoms. The zero-order valence-corrected chi connectivity index (χ0v) is 16.7. The van der Waals surface area contributed by atoms with Gasteiger partial charge in [-0.2, -0.15) is 13.2 Å². The molecule has 0 aromatic carbocycles. The van der Waals surface area contributed by atoms with E-state index in [9.17, 15) is 22.8 Å². The monoisotopic (exact) mass is 411 g/mol. The van der Waals surface area contributed by atoms with Crippen molar-refractivity contribution >= 4 is 17.8 Å². The third-order valence-electron chi connectivity index (χ3n) is 4.48. The lowest BCUT2D eigenvalue weighted by Gasteiger charge is -2.55. The third-order valence-corrected chi connectivity index (χ3v) is 4.48. The molecule has 162 valence electrons. The molecule has 2 rings (SSSR count). The van der Waals surface area contributed by atoms with E-state index in [2.05, 4.69) is 18.7 Å². The summed E-state index contributed by atoms with van der Waals surface area (Å²) in [5.74, 6) is -2.11. The summed E-state index contributed by atoms with van der Waals surface area (Å²) in [6.45, 7) is 6.49. The van der Waals surface area contributed by atoms with Crippen LogP contribution >= 0.6 is 0 Å². The van der Waals surface area contributed by atoms with Crippen LogP contribution < -0.4 is 0 Å². The summed E-state index contributed by atoms with van der Waals surface area (Å²) >= 11 is 0. The van der Waals surface area contributed by atoms with Gasteiger partial charge in [0.25, 0.3) is 0 Å². The number of carbonyl (C=O) groups excluding carboxylic acids is 2. The molecular weight excluding hydrogens is 383 g/mol. The fraction of sp³-hybridized carbons (Fsp3) is 0.824. The molecule has 0 aromatic rings. The largest absolute Gasteiger partial charge is 0.490 e. The molecular formula is C17H28F3N3O5. The number of ether oxygens (including phenoxy) is 1. The van der Waals surface area contributed by atoms with Crippen molar-refractivity contribution in [3.8, 4) is 0 Å². The summed E-state index contributed by atoms with van der Waals surface area (Å²) in [6, 6.07) is -0.217. The summed E-state index contributed by atoms with van der Waals surface area (Å²) in [5.41, 5.74) is -0.273. The molecule has 0 aliphatic carbocycles. The van der Waals surface area contributed by atoms with Crippen LogP contribution in [0.3, 0.4) is 0 Å². The number of morpholine rings is 1. The molecule has 2 saturated heterocycles. The van der Waals surface area contributed by atoms with E-state index < -0.39 is 12.1 Å². The van der Waals surface area contributed by atoms with Crippen LogP contribution in [0.5, 0.6) is 0 Å². The average molecular weight is 411 g/mol. The Morgan fingerprint density at radius 3 is 2.07 bits per heavy atom. The van der Waals surface area contributed by atoms with Gasteiger partial charge in [0.1, 0.15) is 11.6 Å². The summed E-state index contributed by atoms with van der Waals surface area (Å²) < 4.78 is 37.7. The number of amides is 2. The molecule has 1 unspecified atom stereocenters. The first kappa shape index (κ1) is 24.2. The Morgan fingerprint density at radius 2 is 1.71 bits per heavy atom. The van der Waals surface area contributed by atoms with Gasteiger partial charge in [0, 0.05) is 27.1 Å². The Balaban J connectivity index is 0.000000480. The van der Waals surface area contributed by atoms with Gasteiger partial charge in [-0.05, 0) is 13.0 Å². The number of halogens is 3. The molecule has 1 atom stereocenters. The van der Waals surface area contributed by atoms with Crippen LogP contribution in [-0.2, 0) is 19.1 Å². The van der Waals surface area contributed by atoms with E-state index in [1.807, 2.05) is 11.9 Å². The number of rotatable bonds is 3. The second-order valence-electron chi connectivity index (χ2n) is 7.81. The summed E-state index contributed by atoms with van der Waals surface area (Å²) in [7, 11) is 5.47. The lowest BCUT2D eigenvalue weighted by molar-refractivity contribution is -0.203. The zero-order valence-electron chi connectivity index (χ0n) is 16.7. The van der Waals surface area contributed by atoms with Crippen molar-refractivity contribution in [2.75, 3.05) is 47.4 Å². The van der Waals surface area contributed by atoms with E-state index in [1.54, 1.807) is 19.0 Å². The topological polar surface area (TPSA) is 90.4 Å². The van der Waals surface area contributed by atoms with Crippen molar-refractivity contribution in [3.05, 3.63) is 0 Å². The van der Waals surface area contributed by atoms with Gasteiger partial charge >= 0.3 is 12.1 Å². The average Bonchev–Trinajstić information content (AvgIpc) is 2.50. The van der Waals surface area contributed by atoms with Crippen molar-refractivity contribution in [2.45, 2.75) is 38.1 Å². The van der Waals surface area contributed by atoms with Gasteiger partial charge < -0.3 is 19.6 Å². The van der Waals surface area contributed by atoms with Crippen LogP contribution in [0.1, 0.15) is 20.3 Å². The van der Waals surface area contributed by atoms with Crippen LogP contribution in [0, 0.1) is 5.92 Å². The number of carboxylic acids is 1. The quantitative estimate of drug-likeness (QED) is 0.734. The first-order chi connectivity index (χ1) is 12.7. The smallest absolute Gasteiger partial charge is 0.475 e. The Kier molecular flexibility index (Phi) is 7.83. The molecule has 0 bridgehead atoms. The van der Waals surface area contributed by atoms with Crippen LogP contribution in [0.25, 0.3) is 0 Å². The molecule has 0 saturated carbocycles. The summed E-state index contributed by atoms with van der Waals surface area (Å²) in [6.07, 6.45) is -4.49. The van der Waals surface area contributed by atoms with Crippen LogP contribution in [0.2, 0.25) is 0 Å². The number of hydrogen-bond acceptors (Lipinski definition) is 5. The fourth-order valence-electron chi connectivity index (χ4n) is 3.05. The van der Waals surface area contributed by atoms with E-state index in [4.69, 9.17) is 14.6 Å². The minimum atomic E-state index is -5.08. The van der Waals surface area contributed by atoms with Gasteiger partial charge in [0.05, 0.1) is 19.7 Å². The van der Waals surface area contributed by atoms with Gasteiger partial charge in [-0.1, -0.05) is 13.8 Å². The molecule has 2 amide bonds. The van der Waals surface area contributed by atoms with Gasteiger partial charge in [0.2, 0.25) is 11.8 Å². The Bertz CT molecular complexity index is 589. The van der Waals surface area contributed by atoms with Crippen molar-refractivity contribution in [1.82, 2.24) is 14.7 Å². The number of likely N-dealkylation sites (N-methyl/N-ethyl adjacent to an activating group) is 2. The minimum Gasteiger partial charge on any atom is -0.475 e. The second kappa shape index (κ2) is 9.08. The number of carboxylic acid groups (broad SMARTS) is 1. The van der Waals surface area contributed by atoms with Crippen LogP contribution in [0.4, 0.5) is 13.2 Å². The molecule has 1 N–H and O–H groups in total. The molecule has 2 aliphatic rings. The van der Waals surface area contributed by atoms with Crippen molar-refractivity contribution < 1.29 is 37.4 Å². The molecule has 8 nitrogen and oxygen atoms in total. The molecule has 2 fully saturated rings. The van der Waals surface area contributed by atoms with Crippen molar-refractivity contribution in [2.24, 2.45) is 5.92 Å². The number of likely N-dealkylation sites (tertiary alicyclic amines) is 1. The van der Waals surface area contributed by atoms with Gasteiger partial charge in [0.15, 0.2) is 0 Å². The highest BCUT2D eigenvalue weighted by Gasteiger charge is 2.51. The standard InChI is InChI=1S/C15H27N3O3.C2HF3O2/c1-11(2)6-13(19)18-9-15(10-18)8-17(5)12(7-21-15)14(20)16(3)4;3-2(4,5)1(6)7/h11-12H,6-10H2,1-5H3;(H,6,7). The molecule has 2 aliphatic heterocycles. The van der Waals surface area contributed by atoms with Crippen LogP contribution in [0.15, 0.2) is 0 Å². The Labute approximate surface area is 162 Å². The first-order valence-electron chi connectivity index (χ1n) is 8.82. The molecule has 1 spiro atoms. The fourth-order valence-corrected chi connectivity index (χ4v) is 3.05. The van der Waals surface area contributed by atoms with E-state index >= 15 is 0 Å². The Morgan fingerprint density at radius 1 is 1.21 bits per heavy atom. The highest BCUT2D eigenvalue weighted by Crippen LogP contribution is 2.31. The molecule has 0 radical (unpaired) electrons. The minimum absolute atomic E-state index is 0.0689. The molecule has 2 heterocycles. The first-order valence-corrected chi connectivity index (χ1v) is 8.82. The van der Waals surface area contributed by atoms with Crippen molar-refractivity contribution in [1.29, 1.82) is 0 Å². The summed E-state index contributed by atoms with van der Waals surface area (Å²) in [4.78, 5) is 38.5. The van der Waals surface area contributed by atoms with Gasteiger partial charge in [-0.3, -0.25) is 14.5 Å².